The average Bonchev–Trinajstić information content (AvgIpc) is 3.38. The molecular formula is C21H20N6O2. The molecule has 0 saturated heterocycles. The molecule has 2 aromatic carbocycles. The zero-order chi connectivity index (χ0) is 20.2. The Kier molecular flexibility index (Phi) is 5.07. The van der Waals surface area contributed by atoms with Crippen LogP contribution in [0.5, 0.6) is 0 Å². The lowest BCUT2D eigenvalue weighted by atomic mass is 10.0. The molecule has 2 heterocycles. The van der Waals surface area contributed by atoms with Gasteiger partial charge < -0.3 is 15.6 Å². The summed E-state index contributed by atoms with van der Waals surface area (Å²) < 4.78 is 0. The maximum Gasteiger partial charge on any atom is 0.247 e. The number of aromatic amines is 2. The van der Waals surface area contributed by atoms with Crippen molar-refractivity contribution in [3.63, 3.8) is 0 Å². The van der Waals surface area contributed by atoms with E-state index in [1.54, 1.807) is 12.1 Å². The molecule has 0 spiro atoms. The topological polar surface area (TPSA) is 116 Å². The molecule has 0 unspecified atom stereocenters. The molecule has 2 amide bonds. The van der Waals surface area contributed by atoms with Gasteiger partial charge in [0.1, 0.15) is 12.4 Å². The first-order valence-electron chi connectivity index (χ1n) is 9.19. The number of carbonyl (C=O) groups excluding carboxylic acids is 2. The Morgan fingerprint density at radius 3 is 2.79 bits per heavy atom. The van der Waals surface area contributed by atoms with Crippen molar-refractivity contribution >= 4 is 28.4 Å². The summed E-state index contributed by atoms with van der Waals surface area (Å²) >= 11 is 0. The van der Waals surface area contributed by atoms with Crippen LogP contribution in [0.15, 0.2) is 61.1 Å². The summed E-state index contributed by atoms with van der Waals surface area (Å²) in [5.74, 6) is 0.0545. The third kappa shape index (κ3) is 4.16. The van der Waals surface area contributed by atoms with Gasteiger partial charge in [0, 0.05) is 41.7 Å². The maximum absolute atomic E-state index is 12.9. The van der Waals surface area contributed by atoms with E-state index in [9.17, 15) is 9.59 Å². The molecule has 146 valence electrons. The van der Waals surface area contributed by atoms with Crippen LogP contribution in [0.2, 0.25) is 0 Å². The van der Waals surface area contributed by atoms with Gasteiger partial charge in [-0.1, -0.05) is 30.3 Å². The average molecular weight is 388 g/mol. The van der Waals surface area contributed by atoms with Crippen LogP contribution in [0.3, 0.4) is 0 Å². The second kappa shape index (κ2) is 7.97. The van der Waals surface area contributed by atoms with Crippen LogP contribution >= 0.6 is 0 Å². The minimum absolute atomic E-state index is 0.264. The van der Waals surface area contributed by atoms with E-state index in [1.807, 2.05) is 42.6 Å². The fourth-order valence-corrected chi connectivity index (χ4v) is 3.29. The molecule has 4 rings (SSSR count). The SMILES string of the molecule is CC(=O)N[C@@H](Cc1c[nH]c2ccccc12)C(=O)Nc1cccc(-c2ncn[nH]2)c1. The molecular weight excluding hydrogens is 368 g/mol. The number of nitrogens with zero attached hydrogens (tertiary/aromatic N) is 2. The number of aromatic nitrogens is 4. The van der Waals surface area contributed by atoms with Crippen molar-refractivity contribution in [3.8, 4) is 11.4 Å². The Hall–Kier alpha value is -3.94. The molecule has 0 fully saturated rings. The van der Waals surface area contributed by atoms with Gasteiger partial charge in [0.25, 0.3) is 0 Å². The van der Waals surface area contributed by atoms with Crippen LogP contribution < -0.4 is 10.6 Å². The highest BCUT2D eigenvalue weighted by Crippen LogP contribution is 2.21. The zero-order valence-electron chi connectivity index (χ0n) is 15.8. The molecule has 4 N–H and O–H groups in total. The number of hydrogen-bond donors (Lipinski definition) is 4. The van der Waals surface area contributed by atoms with Crippen molar-refractivity contribution in [2.75, 3.05) is 5.32 Å². The summed E-state index contributed by atoms with van der Waals surface area (Å²) in [6.45, 7) is 1.40. The Morgan fingerprint density at radius 2 is 2.00 bits per heavy atom. The summed E-state index contributed by atoms with van der Waals surface area (Å²) in [6, 6.07) is 14.4. The molecule has 0 radical (unpaired) electrons. The van der Waals surface area contributed by atoms with Gasteiger partial charge in [0.2, 0.25) is 11.8 Å². The van der Waals surface area contributed by atoms with Gasteiger partial charge in [-0.2, -0.15) is 5.10 Å². The summed E-state index contributed by atoms with van der Waals surface area (Å²) in [7, 11) is 0. The van der Waals surface area contributed by atoms with Crippen molar-refractivity contribution in [2.24, 2.45) is 0 Å². The molecule has 1 atom stereocenters. The number of hydrogen-bond acceptors (Lipinski definition) is 4. The minimum atomic E-state index is -0.708. The summed E-state index contributed by atoms with van der Waals surface area (Å²) in [4.78, 5) is 31.9. The standard InChI is InChI=1S/C21H20N6O2/c1-13(28)25-19(10-15-11-22-18-8-3-2-7-17(15)18)21(29)26-16-6-4-5-14(9-16)20-23-12-24-27-20/h2-9,11-12,19,22H,10H2,1H3,(H,25,28)(H,26,29)(H,23,24,27)/t19-/m0/s1. The fraction of sp³-hybridized carbons (Fsp3) is 0.143. The summed E-state index contributed by atoms with van der Waals surface area (Å²) in [5, 5.41) is 13.3. The molecule has 0 aliphatic heterocycles. The largest absolute Gasteiger partial charge is 0.361 e. The minimum Gasteiger partial charge on any atom is -0.361 e. The lowest BCUT2D eigenvalue weighted by Gasteiger charge is -2.18. The van der Waals surface area contributed by atoms with E-state index in [1.165, 1.54) is 13.3 Å². The Labute approximate surface area is 166 Å². The second-order valence-corrected chi connectivity index (χ2v) is 6.72. The third-order valence-corrected chi connectivity index (χ3v) is 4.61. The van der Waals surface area contributed by atoms with Crippen LogP contribution in [-0.4, -0.2) is 38.0 Å². The van der Waals surface area contributed by atoms with Crippen molar-refractivity contribution in [2.45, 2.75) is 19.4 Å². The van der Waals surface area contributed by atoms with Crippen LogP contribution in [0, 0.1) is 0 Å². The van der Waals surface area contributed by atoms with Gasteiger partial charge in [-0.05, 0) is 23.8 Å². The van der Waals surface area contributed by atoms with Gasteiger partial charge in [-0.15, -0.1) is 0 Å². The molecule has 29 heavy (non-hydrogen) atoms. The normalized spacial score (nSPS) is 11.9. The Morgan fingerprint density at radius 1 is 1.14 bits per heavy atom. The van der Waals surface area contributed by atoms with E-state index < -0.39 is 6.04 Å². The predicted molar refractivity (Wildman–Crippen MR) is 110 cm³/mol. The molecule has 0 saturated carbocycles. The number of nitrogens with one attached hydrogen (secondary N) is 4. The summed E-state index contributed by atoms with van der Waals surface area (Å²) in [6.07, 6.45) is 3.67. The highest BCUT2D eigenvalue weighted by atomic mass is 16.2. The first-order valence-corrected chi connectivity index (χ1v) is 9.19. The lowest BCUT2D eigenvalue weighted by molar-refractivity contribution is -0.125. The maximum atomic E-state index is 12.9. The monoisotopic (exact) mass is 388 g/mol. The number of carbonyl (C=O) groups is 2. The third-order valence-electron chi connectivity index (χ3n) is 4.61. The number of fused-ring (bicyclic) bond motifs is 1. The number of benzene rings is 2. The van der Waals surface area contributed by atoms with E-state index in [0.29, 0.717) is 17.9 Å². The van der Waals surface area contributed by atoms with E-state index in [-0.39, 0.29) is 11.8 Å². The Bertz CT molecular complexity index is 1150. The van der Waals surface area contributed by atoms with Crippen molar-refractivity contribution < 1.29 is 9.59 Å². The lowest BCUT2D eigenvalue weighted by Crippen LogP contribution is -2.44. The number of H-pyrrole nitrogens is 2. The number of rotatable bonds is 6. The number of anilines is 1. The molecule has 0 bridgehead atoms. The van der Waals surface area contributed by atoms with Crippen LogP contribution in [-0.2, 0) is 16.0 Å². The molecule has 0 aliphatic carbocycles. The van der Waals surface area contributed by atoms with Crippen molar-refractivity contribution in [1.82, 2.24) is 25.5 Å². The number of para-hydroxylation sites is 1. The van der Waals surface area contributed by atoms with E-state index in [4.69, 9.17) is 0 Å². The first kappa shape index (κ1) is 18.4. The van der Waals surface area contributed by atoms with Crippen LogP contribution in [0.25, 0.3) is 22.3 Å². The first-order chi connectivity index (χ1) is 14.1. The number of amides is 2. The molecule has 8 heteroatoms. The summed E-state index contributed by atoms with van der Waals surface area (Å²) in [5.41, 5.74) is 3.36. The van der Waals surface area contributed by atoms with Crippen LogP contribution in [0.4, 0.5) is 5.69 Å². The molecule has 4 aromatic rings. The van der Waals surface area contributed by atoms with Crippen molar-refractivity contribution in [1.29, 1.82) is 0 Å². The predicted octanol–water partition coefficient (Wildman–Crippen LogP) is 2.64. The van der Waals surface area contributed by atoms with Gasteiger partial charge in [0.15, 0.2) is 5.82 Å². The highest BCUT2D eigenvalue weighted by molar-refractivity contribution is 5.98. The van der Waals surface area contributed by atoms with E-state index in [0.717, 1.165) is 22.0 Å². The Balaban J connectivity index is 1.55. The van der Waals surface area contributed by atoms with Gasteiger partial charge in [0.05, 0.1) is 0 Å². The zero-order valence-corrected chi connectivity index (χ0v) is 15.8. The second-order valence-electron chi connectivity index (χ2n) is 6.72. The molecule has 2 aromatic heterocycles. The smallest absolute Gasteiger partial charge is 0.247 e. The van der Waals surface area contributed by atoms with Crippen molar-refractivity contribution in [3.05, 3.63) is 66.6 Å². The quantitative estimate of drug-likeness (QED) is 0.406. The van der Waals surface area contributed by atoms with Gasteiger partial charge in [-0.3, -0.25) is 14.7 Å². The van der Waals surface area contributed by atoms with Gasteiger partial charge in [-0.25, -0.2) is 4.98 Å². The van der Waals surface area contributed by atoms with Crippen LogP contribution in [0.1, 0.15) is 12.5 Å². The van der Waals surface area contributed by atoms with Gasteiger partial charge >= 0.3 is 0 Å². The fourth-order valence-electron chi connectivity index (χ4n) is 3.29. The van der Waals surface area contributed by atoms with E-state index >= 15 is 0 Å². The highest BCUT2D eigenvalue weighted by Gasteiger charge is 2.22. The van der Waals surface area contributed by atoms with E-state index in [2.05, 4.69) is 30.8 Å². The molecule has 8 nitrogen and oxygen atoms in total. The molecule has 0 aliphatic rings.